The van der Waals surface area contributed by atoms with E-state index in [9.17, 15) is 4.79 Å². The average molecular weight is 186 g/mol. The molecule has 0 N–H and O–H groups in total. The van der Waals surface area contributed by atoms with Crippen molar-refractivity contribution in [2.45, 2.75) is 20.4 Å². The van der Waals surface area contributed by atoms with Crippen molar-refractivity contribution in [1.82, 2.24) is 4.57 Å². The van der Waals surface area contributed by atoms with Gasteiger partial charge in [-0.25, -0.2) is 0 Å². The van der Waals surface area contributed by atoms with Crippen LogP contribution in [0, 0.1) is 37.5 Å². The number of hydrogen-bond donors (Lipinski definition) is 0. The summed E-state index contributed by atoms with van der Waals surface area (Å²) in [5.74, 6) is 2.39. The number of pyridine rings is 1. The van der Waals surface area contributed by atoms with Gasteiger partial charge in [0.2, 0.25) is 0 Å². The van der Waals surface area contributed by atoms with Crippen LogP contribution in [0.2, 0.25) is 0 Å². The van der Waals surface area contributed by atoms with Gasteiger partial charge in [-0.3, -0.25) is 4.79 Å². The molecule has 1 rings (SSSR count). The summed E-state index contributed by atoms with van der Waals surface area (Å²) < 4.78 is 1.42. The van der Waals surface area contributed by atoms with Crippen LogP contribution in [0.4, 0.5) is 0 Å². The second kappa shape index (κ2) is 3.81. The molecule has 0 bridgehead atoms. The Balaban J connectivity index is 3.56. The number of hydrogen-bond acceptors (Lipinski definition) is 2. The van der Waals surface area contributed by atoms with Crippen molar-refractivity contribution in [3.63, 3.8) is 0 Å². The van der Waals surface area contributed by atoms with E-state index in [1.54, 1.807) is 19.9 Å². The molecule has 0 saturated heterocycles. The van der Waals surface area contributed by atoms with Crippen LogP contribution in [0.15, 0.2) is 10.9 Å². The standard InChI is InChI=1S/C11H10N2O/c1-4-5-13-9(3)6-8(2)10(7-12)11(13)14/h1,6H,5H2,2-3H3. The Labute approximate surface area is 82.6 Å². The normalized spacial score (nSPS) is 9.14. The summed E-state index contributed by atoms with van der Waals surface area (Å²) in [6.45, 7) is 3.75. The number of nitrogens with zero attached hydrogens (tertiary/aromatic N) is 2. The van der Waals surface area contributed by atoms with Crippen LogP contribution < -0.4 is 5.56 Å². The van der Waals surface area contributed by atoms with Gasteiger partial charge in [0.15, 0.2) is 0 Å². The number of aromatic nitrogens is 1. The zero-order valence-corrected chi connectivity index (χ0v) is 8.16. The van der Waals surface area contributed by atoms with Gasteiger partial charge in [0, 0.05) is 5.69 Å². The lowest BCUT2D eigenvalue weighted by molar-refractivity contribution is 0.756. The molecule has 1 aromatic rings. The van der Waals surface area contributed by atoms with Gasteiger partial charge >= 0.3 is 0 Å². The van der Waals surface area contributed by atoms with Gasteiger partial charge in [0.1, 0.15) is 11.6 Å². The smallest absolute Gasteiger partial charge is 0.269 e. The first-order valence-electron chi connectivity index (χ1n) is 4.16. The maximum absolute atomic E-state index is 11.7. The summed E-state index contributed by atoms with van der Waals surface area (Å²) in [5.41, 5.74) is 1.35. The molecule has 3 heteroatoms. The summed E-state index contributed by atoms with van der Waals surface area (Å²) in [6, 6.07) is 3.68. The van der Waals surface area contributed by atoms with E-state index in [-0.39, 0.29) is 17.7 Å². The molecule has 0 aromatic carbocycles. The Morgan fingerprint density at radius 2 is 2.21 bits per heavy atom. The lowest BCUT2D eigenvalue weighted by Gasteiger charge is -2.08. The number of rotatable bonds is 1. The molecule has 0 aliphatic heterocycles. The quantitative estimate of drug-likeness (QED) is 0.613. The summed E-state index contributed by atoms with van der Waals surface area (Å²) in [5, 5.41) is 8.77. The molecule has 70 valence electrons. The Hall–Kier alpha value is -2.00. The third kappa shape index (κ3) is 1.53. The molecule has 0 radical (unpaired) electrons. The van der Waals surface area contributed by atoms with Gasteiger partial charge in [0.05, 0.1) is 6.54 Å². The van der Waals surface area contributed by atoms with Gasteiger partial charge in [0.25, 0.3) is 5.56 Å². The zero-order valence-electron chi connectivity index (χ0n) is 8.16. The van der Waals surface area contributed by atoms with Crippen molar-refractivity contribution in [3.05, 3.63) is 33.2 Å². The minimum absolute atomic E-state index is 0.172. The molecule has 1 aromatic heterocycles. The van der Waals surface area contributed by atoms with E-state index in [1.807, 2.05) is 6.07 Å². The number of nitriles is 1. The molecule has 0 spiro atoms. The summed E-state index contributed by atoms with van der Waals surface area (Å²) in [6.07, 6.45) is 5.14. The average Bonchev–Trinajstić information content (AvgIpc) is 2.12. The van der Waals surface area contributed by atoms with Crippen LogP contribution in [0.25, 0.3) is 0 Å². The molecular weight excluding hydrogens is 176 g/mol. The third-order valence-corrected chi connectivity index (χ3v) is 2.07. The summed E-state index contributed by atoms with van der Waals surface area (Å²) in [7, 11) is 0. The van der Waals surface area contributed by atoms with Crippen molar-refractivity contribution < 1.29 is 0 Å². The van der Waals surface area contributed by atoms with Crippen LogP contribution in [0.3, 0.4) is 0 Å². The van der Waals surface area contributed by atoms with Gasteiger partial charge < -0.3 is 4.57 Å². The van der Waals surface area contributed by atoms with Gasteiger partial charge in [-0.2, -0.15) is 5.26 Å². The Bertz CT molecular complexity index is 498. The predicted octanol–water partition coefficient (Wildman–Crippen LogP) is 0.970. The second-order valence-electron chi connectivity index (χ2n) is 3.05. The Morgan fingerprint density at radius 3 is 2.71 bits per heavy atom. The Morgan fingerprint density at radius 1 is 1.57 bits per heavy atom. The predicted molar refractivity (Wildman–Crippen MR) is 53.7 cm³/mol. The SMILES string of the molecule is C#CCn1c(C)cc(C)c(C#N)c1=O. The highest BCUT2D eigenvalue weighted by molar-refractivity contribution is 5.36. The second-order valence-corrected chi connectivity index (χ2v) is 3.05. The van der Waals surface area contributed by atoms with Crippen molar-refractivity contribution in [1.29, 1.82) is 5.26 Å². The van der Waals surface area contributed by atoms with E-state index in [0.29, 0.717) is 5.56 Å². The molecule has 0 aliphatic carbocycles. The zero-order chi connectivity index (χ0) is 10.7. The molecule has 1 heterocycles. The van der Waals surface area contributed by atoms with Crippen LogP contribution in [-0.4, -0.2) is 4.57 Å². The number of terminal acetylenes is 1. The molecular formula is C11H10N2O. The van der Waals surface area contributed by atoms with Crippen molar-refractivity contribution in [2.24, 2.45) is 0 Å². The summed E-state index contributed by atoms with van der Waals surface area (Å²) >= 11 is 0. The first-order chi connectivity index (χ1) is 6.61. The molecule has 0 fully saturated rings. The van der Waals surface area contributed by atoms with Crippen LogP contribution in [0.1, 0.15) is 16.8 Å². The van der Waals surface area contributed by atoms with E-state index in [0.717, 1.165) is 5.69 Å². The Kier molecular flexibility index (Phi) is 2.74. The maximum atomic E-state index is 11.7. The number of aryl methyl sites for hydroxylation is 2. The van der Waals surface area contributed by atoms with E-state index in [2.05, 4.69) is 5.92 Å². The third-order valence-electron chi connectivity index (χ3n) is 2.07. The fraction of sp³-hybridized carbons (Fsp3) is 0.273. The summed E-state index contributed by atoms with van der Waals surface area (Å²) in [4.78, 5) is 11.7. The molecule has 0 unspecified atom stereocenters. The molecule has 0 saturated carbocycles. The minimum atomic E-state index is -0.303. The largest absolute Gasteiger partial charge is 0.300 e. The highest BCUT2D eigenvalue weighted by atomic mass is 16.1. The minimum Gasteiger partial charge on any atom is -0.300 e. The van der Waals surface area contributed by atoms with Gasteiger partial charge in [-0.05, 0) is 25.5 Å². The fourth-order valence-corrected chi connectivity index (χ4v) is 1.35. The van der Waals surface area contributed by atoms with Crippen molar-refractivity contribution in [3.8, 4) is 18.4 Å². The topological polar surface area (TPSA) is 45.8 Å². The molecule has 0 aliphatic rings. The van der Waals surface area contributed by atoms with Crippen molar-refractivity contribution >= 4 is 0 Å². The monoisotopic (exact) mass is 186 g/mol. The maximum Gasteiger partial charge on any atom is 0.269 e. The molecule has 0 atom stereocenters. The van der Waals surface area contributed by atoms with Gasteiger partial charge in [-0.1, -0.05) is 5.92 Å². The van der Waals surface area contributed by atoms with Crippen LogP contribution in [-0.2, 0) is 6.54 Å². The first kappa shape index (κ1) is 10.1. The van der Waals surface area contributed by atoms with Gasteiger partial charge in [-0.15, -0.1) is 6.42 Å². The van der Waals surface area contributed by atoms with E-state index < -0.39 is 0 Å². The fourth-order valence-electron chi connectivity index (χ4n) is 1.35. The molecule has 14 heavy (non-hydrogen) atoms. The highest BCUT2D eigenvalue weighted by Crippen LogP contribution is 2.04. The molecule has 3 nitrogen and oxygen atoms in total. The first-order valence-corrected chi connectivity index (χ1v) is 4.16. The van der Waals surface area contributed by atoms with E-state index >= 15 is 0 Å². The van der Waals surface area contributed by atoms with Crippen molar-refractivity contribution in [2.75, 3.05) is 0 Å². The van der Waals surface area contributed by atoms with E-state index in [1.165, 1.54) is 4.57 Å². The lowest BCUT2D eigenvalue weighted by Crippen LogP contribution is -2.25. The highest BCUT2D eigenvalue weighted by Gasteiger charge is 2.08. The van der Waals surface area contributed by atoms with E-state index in [4.69, 9.17) is 11.7 Å². The van der Waals surface area contributed by atoms with Crippen LogP contribution >= 0.6 is 0 Å². The van der Waals surface area contributed by atoms with Crippen LogP contribution in [0.5, 0.6) is 0 Å². The molecule has 0 amide bonds. The lowest BCUT2D eigenvalue weighted by atomic mass is 10.1.